The zero-order chi connectivity index (χ0) is 13.1. The number of para-hydroxylation sites is 1. The minimum atomic E-state index is 0.144. The maximum Gasteiger partial charge on any atom is 0.256 e. The molecule has 2 saturated heterocycles. The summed E-state index contributed by atoms with van der Waals surface area (Å²) in [6.45, 7) is 4.83. The number of anilines is 1. The molecule has 4 nitrogen and oxygen atoms in total. The van der Waals surface area contributed by atoms with Gasteiger partial charge in [0.15, 0.2) is 0 Å². The molecule has 1 aromatic rings. The molecule has 2 aliphatic heterocycles. The lowest BCUT2D eigenvalue weighted by Gasteiger charge is -2.29. The molecule has 1 amide bonds. The summed E-state index contributed by atoms with van der Waals surface area (Å²) in [4.78, 5) is 16.8. The van der Waals surface area contributed by atoms with Gasteiger partial charge in [0.25, 0.3) is 5.91 Å². The summed E-state index contributed by atoms with van der Waals surface area (Å²) in [5.74, 6) is 0.144. The minimum Gasteiger partial charge on any atom is -0.378 e. The first kappa shape index (κ1) is 12.5. The van der Waals surface area contributed by atoms with Gasteiger partial charge in [0.2, 0.25) is 0 Å². The van der Waals surface area contributed by atoms with Crippen molar-refractivity contribution in [2.24, 2.45) is 0 Å². The number of ether oxygens (including phenoxy) is 1. The highest BCUT2D eigenvalue weighted by atomic mass is 16.5. The largest absolute Gasteiger partial charge is 0.378 e. The Balaban J connectivity index is 1.84. The second kappa shape index (κ2) is 5.61. The third-order valence-electron chi connectivity index (χ3n) is 3.88. The van der Waals surface area contributed by atoms with E-state index in [-0.39, 0.29) is 5.91 Å². The third-order valence-corrected chi connectivity index (χ3v) is 3.88. The van der Waals surface area contributed by atoms with Crippen LogP contribution < -0.4 is 4.90 Å². The average molecular weight is 260 g/mol. The molecule has 2 heterocycles. The fourth-order valence-electron chi connectivity index (χ4n) is 2.83. The first-order valence-corrected chi connectivity index (χ1v) is 7.07. The number of carbonyl (C=O) groups is 1. The van der Waals surface area contributed by atoms with Crippen molar-refractivity contribution < 1.29 is 9.53 Å². The molecule has 0 spiro atoms. The number of hydrogen-bond donors (Lipinski definition) is 0. The van der Waals surface area contributed by atoms with Gasteiger partial charge in [-0.2, -0.15) is 0 Å². The van der Waals surface area contributed by atoms with E-state index in [9.17, 15) is 4.79 Å². The number of nitrogens with zero attached hydrogens (tertiary/aromatic N) is 2. The fraction of sp³-hybridized carbons (Fsp3) is 0.533. The maximum atomic E-state index is 12.6. The van der Waals surface area contributed by atoms with Gasteiger partial charge in [-0.1, -0.05) is 12.1 Å². The molecule has 1 aromatic carbocycles. The van der Waals surface area contributed by atoms with Gasteiger partial charge in [-0.05, 0) is 25.0 Å². The number of hydrogen-bond acceptors (Lipinski definition) is 3. The van der Waals surface area contributed by atoms with E-state index in [0.29, 0.717) is 26.3 Å². The van der Waals surface area contributed by atoms with Crippen molar-refractivity contribution in [2.45, 2.75) is 12.8 Å². The highest BCUT2D eigenvalue weighted by molar-refractivity contribution is 5.99. The summed E-state index contributed by atoms with van der Waals surface area (Å²) in [5.41, 5.74) is 1.93. The SMILES string of the molecule is O=C(c1ccccc1N1CCCC1)N1CCOCC1. The highest BCUT2D eigenvalue weighted by Gasteiger charge is 2.23. The summed E-state index contributed by atoms with van der Waals surface area (Å²) in [6, 6.07) is 7.99. The van der Waals surface area contributed by atoms with Crippen LogP contribution in [-0.4, -0.2) is 50.2 Å². The van der Waals surface area contributed by atoms with Crippen LogP contribution >= 0.6 is 0 Å². The van der Waals surface area contributed by atoms with Crippen molar-refractivity contribution in [1.29, 1.82) is 0 Å². The van der Waals surface area contributed by atoms with E-state index in [1.54, 1.807) is 0 Å². The van der Waals surface area contributed by atoms with Crippen molar-refractivity contribution in [1.82, 2.24) is 4.90 Å². The summed E-state index contributed by atoms with van der Waals surface area (Å²) >= 11 is 0. The molecule has 4 heteroatoms. The molecule has 0 aromatic heterocycles. The third kappa shape index (κ3) is 2.59. The van der Waals surface area contributed by atoms with Gasteiger partial charge in [-0.15, -0.1) is 0 Å². The Bertz CT molecular complexity index is 449. The van der Waals surface area contributed by atoms with Gasteiger partial charge in [0, 0.05) is 31.9 Å². The van der Waals surface area contributed by atoms with Crippen LogP contribution in [0.15, 0.2) is 24.3 Å². The summed E-state index contributed by atoms with van der Waals surface area (Å²) in [7, 11) is 0. The molecule has 3 rings (SSSR count). The van der Waals surface area contributed by atoms with Crippen LogP contribution in [0.4, 0.5) is 5.69 Å². The Kier molecular flexibility index (Phi) is 3.69. The van der Waals surface area contributed by atoms with Gasteiger partial charge in [-0.25, -0.2) is 0 Å². The molecule has 19 heavy (non-hydrogen) atoms. The van der Waals surface area contributed by atoms with Crippen molar-refractivity contribution in [2.75, 3.05) is 44.3 Å². The van der Waals surface area contributed by atoms with Crippen LogP contribution in [-0.2, 0) is 4.74 Å². The Labute approximate surface area is 113 Å². The first-order chi connectivity index (χ1) is 9.36. The normalized spacial score (nSPS) is 19.8. The lowest BCUT2D eigenvalue weighted by atomic mass is 10.1. The number of benzene rings is 1. The van der Waals surface area contributed by atoms with Crippen LogP contribution in [0.1, 0.15) is 23.2 Å². The van der Waals surface area contributed by atoms with Crippen LogP contribution in [0.25, 0.3) is 0 Å². The lowest BCUT2D eigenvalue weighted by Crippen LogP contribution is -2.41. The summed E-state index contributed by atoms with van der Waals surface area (Å²) in [6.07, 6.45) is 2.44. The Hall–Kier alpha value is -1.55. The number of morpholine rings is 1. The molecule has 2 aliphatic rings. The number of amides is 1. The molecular formula is C15H20N2O2. The van der Waals surface area contributed by atoms with Gasteiger partial charge in [0.1, 0.15) is 0 Å². The molecule has 0 saturated carbocycles. The van der Waals surface area contributed by atoms with Gasteiger partial charge in [0.05, 0.1) is 18.8 Å². The van der Waals surface area contributed by atoms with E-state index < -0.39 is 0 Å². The van der Waals surface area contributed by atoms with E-state index in [4.69, 9.17) is 4.74 Å². The Morgan fingerprint density at radius 1 is 1.00 bits per heavy atom. The molecule has 0 aliphatic carbocycles. The van der Waals surface area contributed by atoms with Gasteiger partial charge < -0.3 is 14.5 Å². The number of rotatable bonds is 2. The molecular weight excluding hydrogens is 240 g/mol. The topological polar surface area (TPSA) is 32.8 Å². The van der Waals surface area contributed by atoms with Crippen molar-refractivity contribution in [3.8, 4) is 0 Å². The van der Waals surface area contributed by atoms with Gasteiger partial charge in [-0.3, -0.25) is 4.79 Å². The average Bonchev–Trinajstić information content (AvgIpc) is 3.01. The van der Waals surface area contributed by atoms with Crippen molar-refractivity contribution in [3.05, 3.63) is 29.8 Å². The van der Waals surface area contributed by atoms with E-state index in [1.165, 1.54) is 12.8 Å². The minimum absolute atomic E-state index is 0.144. The Morgan fingerprint density at radius 2 is 1.68 bits per heavy atom. The second-order valence-corrected chi connectivity index (χ2v) is 5.12. The molecule has 102 valence electrons. The summed E-state index contributed by atoms with van der Waals surface area (Å²) < 4.78 is 5.31. The quantitative estimate of drug-likeness (QED) is 0.812. The summed E-state index contributed by atoms with van der Waals surface area (Å²) in [5, 5.41) is 0. The predicted molar refractivity (Wildman–Crippen MR) is 74.6 cm³/mol. The van der Waals surface area contributed by atoms with E-state index >= 15 is 0 Å². The molecule has 0 radical (unpaired) electrons. The first-order valence-electron chi connectivity index (χ1n) is 7.07. The predicted octanol–water partition coefficient (Wildman–Crippen LogP) is 1.76. The standard InChI is InChI=1S/C15H20N2O2/c18-15(17-9-11-19-12-10-17)13-5-1-2-6-14(13)16-7-3-4-8-16/h1-2,5-6H,3-4,7-12H2. The molecule has 0 atom stereocenters. The van der Waals surface area contributed by atoms with E-state index in [0.717, 1.165) is 24.3 Å². The van der Waals surface area contributed by atoms with Crippen molar-refractivity contribution >= 4 is 11.6 Å². The zero-order valence-electron chi connectivity index (χ0n) is 11.2. The zero-order valence-corrected chi connectivity index (χ0v) is 11.2. The Morgan fingerprint density at radius 3 is 2.42 bits per heavy atom. The van der Waals surface area contributed by atoms with Crippen LogP contribution in [0.3, 0.4) is 0 Å². The molecule has 0 N–H and O–H groups in total. The van der Waals surface area contributed by atoms with Gasteiger partial charge >= 0.3 is 0 Å². The van der Waals surface area contributed by atoms with E-state index in [2.05, 4.69) is 11.0 Å². The fourth-order valence-corrected chi connectivity index (χ4v) is 2.83. The maximum absolute atomic E-state index is 12.6. The molecule has 0 unspecified atom stereocenters. The van der Waals surface area contributed by atoms with Crippen LogP contribution in [0.5, 0.6) is 0 Å². The molecule has 2 fully saturated rings. The highest BCUT2D eigenvalue weighted by Crippen LogP contribution is 2.25. The molecule has 0 bridgehead atoms. The van der Waals surface area contributed by atoms with Crippen molar-refractivity contribution in [3.63, 3.8) is 0 Å². The van der Waals surface area contributed by atoms with Crippen LogP contribution in [0, 0.1) is 0 Å². The monoisotopic (exact) mass is 260 g/mol. The number of carbonyl (C=O) groups excluding carboxylic acids is 1. The smallest absolute Gasteiger partial charge is 0.256 e. The van der Waals surface area contributed by atoms with E-state index in [1.807, 2.05) is 23.1 Å². The van der Waals surface area contributed by atoms with Crippen LogP contribution in [0.2, 0.25) is 0 Å². The second-order valence-electron chi connectivity index (χ2n) is 5.12. The lowest BCUT2D eigenvalue weighted by molar-refractivity contribution is 0.0303.